The van der Waals surface area contributed by atoms with Crippen LogP contribution in [0.1, 0.15) is 55.4 Å². The molecule has 0 aliphatic rings. The van der Waals surface area contributed by atoms with Crippen LogP contribution in [-0.2, 0) is 19.2 Å². The zero-order valence-electron chi connectivity index (χ0n) is 17.7. The first-order valence-corrected chi connectivity index (χ1v) is 8.06. The summed E-state index contributed by atoms with van der Waals surface area (Å²) in [6.07, 6.45) is 5.06. The topological polar surface area (TPSA) is 149 Å². The fourth-order valence-corrected chi connectivity index (χ4v) is 1.01. The lowest BCUT2D eigenvalue weighted by atomic mass is 10.3. The van der Waals surface area contributed by atoms with Gasteiger partial charge in [-0.15, -0.1) is 0 Å². The number of allylic oxidation sites excluding steroid dienone is 7. The predicted octanol–water partition coefficient (Wildman–Crippen LogP) is 4.15. The van der Waals surface area contributed by atoms with Gasteiger partial charge in [0.2, 0.25) is 0 Å². The van der Waals surface area contributed by atoms with E-state index in [1.165, 1.54) is 59.8 Å². The Morgan fingerprint density at radius 2 is 0.750 bits per heavy atom. The van der Waals surface area contributed by atoms with Gasteiger partial charge >= 0.3 is 5.97 Å². The maximum Gasteiger partial charge on any atom is 0.330 e. The van der Waals surface area contributed by atoms with Crippen molar-refractivity contribution in [1.29, 1.82) is 0 Å². The maximum atomic E-state index is 10.0. The summed E-state index contributed by atoms with van der Waals surface area (Å²) in [5, 5.41) is 33.2. The van der Waals surface area contributed by atoms with E-state index in [4.69, 9.17) is 20.4 Å². The first-order chi connectivity index (χ1) is 12.6. The van der Waals surface area contributed by atoms with Gasteiger partial charge in [-0.05, 0) is 55.4 Å². The van der Waals surface area contributed by atoms with Crippen LogP contribution in [0, 0.1) is 0 Å². The summed E-state index contributed by atoms with van der Waals surface area (Å²) in [6.45, 7) is 11.8. The van der Waals surface area contributed by atoms with E-state index >= 15 is 0 Å². The van der Waals surface area contributed by atoms with Crippen molar-refractivity contribution in [3.63, 3.8) is 0 Å². The van der Waals surface area contributed by atoms with Crippen molar-refractivity contribution in [3.8, 4) is 0 Å². The molecule has 0 unspecified atom stereocenters. The van der Waals surface area contributed by atoms with Gasteiger partial charge in [0.25, 0.3) is 0 Å². The van der Waals surface area contributed by atoms with Crippen molar-refractivity contribution in [2.24, 2.45) is 0 Å². The first-order valence-electron chi connectivity index (χ1n) is 8.06. The van der Waals surface area contributed by atoms with Crippen molar-refractivity contribution in [2.75, 3.05) is 0 Å². The monoisotopic (exact) mass is 400 g/mol. The Kier molecular flexibility index (Phi) is 23.4. The van der Waals surface area contributed by atoms with Crippen LogP contribution in [0.2, 0.25) is 0 Å². The highest BCUT2D eigenvalue weighted by molar-refractivity contribution is 5.88. The lowest BCUT2D eigenvalue weighted by Gasteiger charge is -1.84. The standard InChI is InChI=1S/4C5H8O2/c3*1-4(6)3-5(2)7;1-3-4(2)5(6)7/h3*3,6H,1-2H3;3H,1-2H3,(H,6,7)/b3*4-3-;4-3+. The van der Waals surface area contributed by atoms with Gasteiger partial charge in [-0.1, -0.05) is 6.08 Å². The Hall–Kier alpha value is -3.16. The second-order valence-corrected chi connectivity index (χ2v) is 5.47. The molecule has 0 radical (unpaired) electrons. The Balaban J connectivity index is -0.000000137. The third-order valence-corrected chi connectivity index (χ3v) is 2.01. The average Bonchev–Trinajstić information content (AvgIpc) is 2.43. The van der Waals surface area contributed by atoms with E-state index in [1.807, 2.05) is 0 Å². The molecule has 8 nitrogen and oxygen atoms in total. The van der Waals surface area contributed by atoms with Gasteiger partial charge in [-0.25, -0.2) is 4.79 Å². The summed E-state index contributed by atoms with van der Waals surface area (Å²) in [7, 11) is 0. The molecule has 4 N–H and O–H groups in total. The molecule has 0 saturated carbocycles. The van der Waals surface area contributed by atoms with Gasteiger partial charge < -0.3 is 20.4 Å². The summed E-state index contributed by atoms with van der Waals surface area (Å²) in [5.74, 6) is -1.03. The lowest BCUT2D eigenvalue weighted by Crippen LogP contribution is -1.93. The third-order valence-electron chi connectivity index (χ3n) is 2.01. The molecule has 8 heteroatoms. The summed E-state index contributed by atoms with van der Waals surface area (Å²) >= 11 is 0. The Labute approximate surface area is 166 Å². The quantitative estimate of drug-likeness (QED) is 0.406. The van der Waals surface area contributed by atoms with E-state index in [1.54, 1.807) is 19.9 Å². The fourth-order valence-electron chi connectivity index (χ4n) is 1.01. The number of rotatable bonds is 4. The van der Waals surface area contributed by atoms with Crippen molar-refractivity contribution in [2.45, 2.75) is 55.4 Å². The molecule has 0 aromatic rings. The second kappa shape index (κ2) is 20.2. The molecule has 0 aliphatic carbocycles. The summed E-state index contributed by atoms with van der Waals surface area (Å²) in [5.41, 5.74) is 0.389. The molecule has 0 aromatic heterocycles. The molecule has 0 fully saturated rings. The van der Waals surface area contributed by atoms with Crippen LogP contribution in [0.25, 0.3) is 0 Å². The number of carbonyl (C=O) groups excluding carboxylic acids is 3. The van der Waals surface area contributed by atoms with Crippen LogP contribution in [0.3, 0.4) is 0 Å². The number of carbonyl (C=O) groups is 4. The number of hydrogen-bond donors (Lipinski definition) is 4. The van der Waals surface area contributed by atoms with Crippen LogP contribution in [0.5, 0.6) is 0 Å². The number of aliphatic carboxylic acids is 1. The smallest absolute Gasteiger partial charge is 0.330 e. The van der Waals surface area contributed by atoms with E-state index < -0.39 is 5.97 Å². The average molecular weight is 400 g/mol. The van der Waals surface area contributed by atoms with E-state index in [9.17, 15) is 19.2 Å². The molecule has 28 heavy (non-hydrogen) atoms. The van der Waals surface area contributed by atoms with Gasteiger partial charge in [0, 0.05) is 23.8 Å². The van der Waals surface area contributed by atoms with Crippen LogP contribution in [-0.4, -0.2) is 43.7 Å². The molecule has 0 atom stereocenters. The minimum Gasteiger partial charge on any atom is -0.512 e. The molecule has 0 heterocycles. The van der Waals surface area contributed by atoms with Crippen LogP contribution in [0.4, 0.5) is 0 Å². The summed E-state index contributed by atoms with van der Waals surface area (Å²) < 4.78 is 0. The lowest BCUT2D eigenvalue weighted by molar-refractivity contribution is -0.132. The Bertz CT molecular complexity index is 556. The second-order valence-electron chi connectivity index (χ2n) is 5.47. The normalized spacial score (nSPS) is 11.4. The largest absolute Gasteiger partial charge is 0.512 e. The zero-order chi connectivity index (χ0) is 23.4. The number of aliphatic hydroxyl groups excluding tert-OH is 3. The maximum absolute atomic E-state index is 10.0. The van der Waals surface area contributed by atoms with Crippen LogP contribution < -0.4 is 0 Å². The highest BCUT2D eigenvalue weighted by Gasteiger charge is 1.93. The van der Waals surface area contributed by atoms with Gasteiger partial charge in [0.15, 0.2) is 17.3 Å². The molecule has 0 aliphatic heterocycles. The van der Waals surface area contributed by atoms with E-state index in [-0.39, 0.29) is 34.6 Å². The van der Waals surface area contributed by atoms with E-state index in [0.717, 1.165) is 0 Å². The fraction of sp³-hybridized carbons (Fsp3) is 0.400. The van der Waals surface area contributed by atoms with E-state index in [0.29, 0.717) is 5.57 Å². The molecule has 0 amide bonds. The Morgan fingerprint density at radius 3 is 0.750 bits per heavy atom. The van der Waals surface area contributed by atoms with Crippen molar-refractivity contribution in [1.82, 2.24) is 0 Å². The highest BCUT2D eigenvalue weighted by atomic mass is 16.4. The number of hydrogen-bond acceptors (Lipinski definition) is 7. The van der Waals surface area contributed by atoms with Crippen molar-refractivity contribution < 1.29 is 39.6 Å². The Morgan fingerprint density at radius 1 is 0.536 bits per heavy atom. The van der Waals surface area contributed by atoms with Crippen molar-refractivity contribution in [3.05, 3.63) is 47.2 Å². The number of aliphatic hydroxyl groups is 3. The predicted molar refractivity (Wildman–Crippen MR) is 108 cm³/mol. The number of carboxylic acid groups (broad SMARTS) is 1. The minimum absolute atomic E-state index is 0.0625. The molecular weight excluding hydrogens is 368 g/mol. The zero-order valence-corrected chi connectivity index (χ0v) is 17.7. The molecule has 0 spiro atoms. The van der Waals surface area contributed by atoms with Crippen LogP contribution in [0.15, 0.2) is 47.2 Å². The SMILES string of the molecule is C/C=C(\C)C(=O)O.CC(=O)/C=C(/C)O.CC(=O)/C=C(/C)O.CC(=O)/C=C(/C)O. The number of carboxylic acids is 1. The molecule has 160 valence electrons. The highest BCUT2D eigenvalue weighted by Crippen LogP contribution is 1.88. The van der Waals surface area contributed by atoms with Gasteiger partial charge in [-0.3, -0.25) is 14.4 Å². The molecule has 0 rings (SSSR count). The molecule has 0 bridgehead atoms. The van der Waals surface area contributed by atoms with E-state index in [2.05, 4.69) is 0 Å². The number of ketones is 3. The molecule has 0 aromatic carbocycles. The molecule has 0 saturated heterocycles. The van der Waals surface area contributed by atoms with Gasteiger partial charge in [0.05, 0.1) is 17.3 Å². The third kappa shape index (κ3) is 49.5. The summed E-state index contributed by atoms with van der Waals surface area (Å²) in [4.78, 5) is 39.9. The minimum atomic E-state index is -0.845. The summed E-state index contributed by atoms with van der Waals surface area (Å²) in [6, 6.07) is 0. The van der Waals surface area contributed by atoms with Gasteiger partial charge in [0.1, 0.15) is 0 Å². The molecular formula is C20H32O8. The van der Waals surface area contributed by atoms with Crippen molar-refractivity contribution >= 4 is 23.3 Å². The van der Waals surface area contributed by atoms with Crippen LogP contribution >= 0.6 is 0 Å². The van der Waals surface area contributed by atoms with Gasteiger partial charge in [-0.2, -0.15) is 0 Å². The first kappa shape index (κ1) is 32.5.